The van der Waals surface area contributed by atoms with Crippen molar-refractivity contribution in [2.45, 2.75) is 58.6 Å². The first-order valence-electron chi connectivity index (χ1n) is 15.7. The number of benzene rings is 4. The van der Waals surface area contributed by atoms with E-state index in [9.17, 15) is 19.5 Å². The smallest absolute Gasteiger partial charge is 0.412 e. The molecule has 0 radical (unpaired) electrons. The van der Waals surface area contributed by atoms with Crippen LogP contribution in [0.4, 0.5) is 14.9 Å². The van der Waals surface area contributed by atoms with Crippen molar-refractivity contribution in [3.8, 4) is 34.0 Å². The van der Waals surface area contributed by atoms with Gasteiger partial charge in [0.2, 0.25) is 5.82 Å². The summed E-state index contributed by atoms with van der Waals surface area (Å²) in [7, 11) is 0. The second-order valence-electron chi connectivity index (χ2n) is 12.9. The Kier molecular flexibility index (Phi) is 10.2. The summed E-state index contributed by atoms with van der Waals surface area (Å²) in [6, 6.07) is 24.5. The summed E-state index contributed by atoms with van der Waals surface area (Å²) in [5.74, 6) is -1.98. The minimum Gasteiger partial charge on any atom is -0.480 e. The van der Waals surface area contributed by atoms with E-state index in [1.54, 1.807) is 69.3 Å². The van der Waals surface area contributed by atoms with Gasteiger partial charge < -0.3 is 19.7 Å². The average molecular weight is 665 g/mol. The number of halogens is 1. The lowest BCUT2D eigenvalue weighted by atomic mass is 9.97. The molecule has 0 aliphatic rings. The molecule has 3 N–H and O–H groups in total. The Morgan fingerprint density at radius 2 is 1.59 bits per heavy atom. The van der Waals surface area contributed by atoms with Crippen LogP contribution < -0.4 is 10.6 Å². The Bertz CT molecular complexity index is 1960. The first-order valence-corrected chi connectivity index (χ1v) is 15.7. The van der Waals surface area contributed by atoms with E-state index >= 15 is 4.39 Å². The molecule has 2 amide bonds. The number of carbonyl (C=O) groups is 3. The zero-order chi connectivity index (χ0) is 35.3. The summed E-state index contributed by atoms with van der Waals surface area (Å²) in [6.45, 7) is 9.52. The van der Waals surface area contributed by atoms with Gasteiger partial charge in [-0.25, -0.2) is 14.0 Å². The number of hydrogen-bond acceptors (Lipinski definition) is 7. The predicted octanol–water partition coefficient (Wildman–Crippen LogP) is 8.11. The van der Waals surface area contributed by atoms with Crippen LogP contribution in [0.2, 0.25) is 0 Å². The fraction of sp³-hybridized carbons (Fsp3) is 0.237. The minimum atomic E-state index is -1.31. The maximum Gasteiger partial charge on any atom is 0.412 e. The second kappa shape index (κ2) is 14.5. The Hall–Kier alpha value is -5.84. The average Bonchev–Trinajstić information content (AvgIpc) is 3.54. The molecule has 0 aliphatic heterocycles. The first-order chi connectivity index (χ1) is 23.3. The monoisotopic (exact) mass is 664 g/mol. The van der Waals surface area contributed by atoms with E-state index in [2.05, 4.69) is 34.6 Å². The van der Waals surface area contributed by atoms with Gasteiger partial charge in [-0.3, -0.25) is 10.1 Å². The standard InChI is InChI=1S/C38H37FN4O6/c1-22(2)24-10-12-25(13-11-24)27-7-6-8-28(21-27)34(44)41-32(36(45)46)20-23-9-18-30(31(39)19-23)33-42-35(49-43-33)26-14-16-29(17-15-26)40-37(47)48-38(3,4)5/h6-19,21-22,32H,20H2,1-5H3,(H,40,47)(H,41,44)(H,45,46)/t32-/m1/s1. The van der Waals surface area contributed by atoms with Crippen molar-refractivity contribution in [1.29, 1.82) is 0 Å². The summed E-state index contributed by atoms with van der Waals surface area (Å²) in [6.07, 6.45) is -0.749. The van der Waals surface area contributed by atoms with Crippen molar-refractivity contribution >= 4 is 23.7 Å². The molecule has 252 valence electrons. The van der Waals surface area contributed by atoms with Crippen LogP contribution in [0.5, 0.6) is 0 Å². The lowest BCUT2D eigenvalue weighted by Gasteiger charge is -2.19. The van der Waals surface area contributed by atoms with Crippen LogP contribution in [0.25, 0.3) is 34.0 Å². The van der Waals surface area contributed by atoms with Gasteiger partial charge in [0.15, 0.2) is 0 Å². The van der Waals surface area contributed by atoms with E-state index < -0.39 is 35.4 Å². The van der Waals surface area contributed by atoms with Crippen LogP contribution in [0.1, 0.15) is 62.0 Å². The van der Waals surface area contributed by atoms with Gasteiger partial charge in [-0.2, -0.15) is 4.98 Å². The van der Waals surface area contributed by atoms with Crippen LogP contribution >= 0.6 is 0 Å². The number of ether oxygens (including phenoxy) is 1. The topological polar surface area (TPSA) is 144 Å². The third kappa shape index (κ3) is 8.95. The highest BCUT2D eigenvalue weighted by Gasteiger charge is 2.23. The third-order valence-corrected chi connectivity index (χ3v) is 7.56. The Labute approximate surface area is 283 Å². The van der Waals surface area contributed by atoms with Crippen molar-refractivity contribution < 1.29 is 33.1 Å². The van der Waals surface area contributed by atoms with Gasteiger partial charge in [-0.15, -0.1) is 0 Å². The molecule has 0 unspecified atom stereocenters. The number of aromatic nitrogens is 2. The zero-order valence-corrected chi connectivity index (χ0v) is 27.8. The molecule has 0 aliphatic carbocycles. The third-order valence-electron chi connectivity index (χ3n) is 7.56. The number of hydrogen-bond donors (Lipinski definition) is 3. The molecule has 5 aromatic rings. The van der Waals surface area contributed by atoms with E-state index in [1.165, 1.54) is 17.7 Å². The van der Waals surface area contributed by atoms with Crippen molar-refractivity contribution in [2.75, 3.05) is 5.32 Å². The molecule has 1 atom stereocenters. The van der Waals surface area contributed by atoms with Crippen LogP contribution in [-0.4, -0.2) is 44.9 Å². The van der Waals surface area contributed by atoms with E-state index in [-0.39, 0.29) is 23.7 Å². The summed E-state index contributed by atoms with van der Waals surface area (Å²) in [5, 5.41) is 19.0. The fourth-order valence-electron chi connectivity index (χ4n) is 5.01. The molecule has 4 aromatic carbocycles. The molecule has 1 aromatic heterocycles. The van der Waals surface area contributed by atoms with Crippen LogP contribution in [0, 0.1) is 5.82 Å². The summed E-state index contributed by atoms with van der Waals surface area (Å²) in [5.41, 5.74) is 4.07. The van der Waals surface area contributed by atoms with Gasteiger partial charge in [0, 0.05) is 23.2 Å². The van der Waals surface area contributed by atoms with Gasteiger partial charge in [0.05, 0.1) is 5.56 Å². The predicted molar refractivity (Wildman–Crippen MR) is 184 cm³/mol. The van der Waals surface area contributed by atoms with Crippen molar-refractivity contribution in [2.24, 2.45) is 0 Å². The number of rotatable bonds is 10. The molecule has 0 saturated heterocycles. The summed E-state index contributed by atoms with van der Waals surface area (Å²) < 4.78 is 25.9. The van der Waals surface area contributed by atoms with Crippen molar-refractivity contribution in [3.63, 3.8) is 0 Å². The van der Waals surface area contributed by atoms with Crippen LogP contribution in [0.15, 0.2) is 95.5 Å². The number of carboxylic acids is 1. The summed E-state index contributed by atoms with van der Waals surface area (Å²) in [4.78, 5) is 41.6. The Balaban J connectivity index is 1.24. The van der Waals surface area contributed by atoms with Gasteiger partial charge in [-0.05, 0) is 97.5 Å². The Morgan fingerprint density at radius 3 is 2.22 bits per heavy atom. The number of aliphatic carboxylic acids is 1. The Morgan fingerprint density at radius 1 is 0.898 bits per heavy atom. The normalized spacial score (nSPS) is 12.0. The highest BCUT2D eigenvalue weighted by Crippen LogP contribution is 2.27. The van der Waals surface area contributed by atoms with Crippen LogP contribution in [-0.2, 0) is 16.0 Å². The van der Waals surface area contributed by atoms with Crippen molar-refractivity contribution in [3.05, 3.63) is 114 Å². The number of nitrogens with one attached hydrogen (secondary N) is 2. The quantitative estimate of drug-likeness (QED) is 0.136. The zero-order valence-electron chi connectivity index (χ0n) is 27.8. The highest BCUT2D eigenvalue weighted by atomic mass is 19.1. The number of carboxylic acid groups (broad SMARTS) is 1. The fourth-order valence-corrected chi connectivity index (χ4v) is 5.01. The summed E-state index contributed by atoms with van der Waals surface area (Å²) >= 11 is 0. The van der Waals surface area contributed by atoms with Gasteiger partial charge >= 0.3 is 12.1 Å². The van der Waals surface area contributed by atoms with Crippen molar-refractivity contribution in [1.82, 2.24) is 15.5 Å². The van der Waals surface area contributed by atoms with E-state index in [4.69, 9.17) is 9.26 Å². The SMILES string of the molecule is CC(C)c1ccc(-c2cccc(C(=O)N[C@H](Cc3ccc(-c4noc(-c5ccc(NC(=O)OC(C)(C)C)cc5)n4)c(F)c3)C(=O)O)c2)cc1. The minimum absolute atomic E-state index is 0.00294. The molecule has 5 rings (SSSR count). The second-order valence-corrected chi connectivity index (χ2v) is 12.9. The molecular formula is C38H37FN4O6. The van der Waals surface area contributed by atoms with Gasteiger partial charge in [0.1, 0.15) is 17.5 Å². The number of nitrogens with zero attached hydrogens (tertiary/aromatic N) is 2. The van der Waals surface area contributed by atoms with E-state index in [0.717, 1.165) is 11.1 Å². The number of carbonyl (C=O) groups excluding carboxylic acids is 2. The maximum absolute atomic E-state index is 15.3. The molecule has 49 heavy (non-hydrogen) atoms. The molecular weight excluding hydrogens is 627 g/mol. The van der Waals surface area contributed by atoms with Crippen LogP contribution in [0.3, 0.4) is 0 Å². The van der Waals surface area contributed by atoms with E-state index in [0.29, 0.717) is 28.3 Å². The first kappa shape index (κ1) is 34.5. The molecule has 11 heteroatoms. The number of anilines is 1. The maximum atomic E-state index is 15.3. The molecule has 1 heterocycles. The molecule has 0 bridgehead atoms. The highest BCUT2D eigenvalue weighted by molar-refractivity contribution is 5.97. The van der Waals surface area contributed by atoms with Gasteiger partial charge in [0.25, 0.3) is 11.8 Å². The number of amides is 2. The lowest BCUT2D eigenvalue weighted by molar-refractivity contribution is -0.139. The van der Waals surface area contributed by atoms with E-state index in [1.807, 2.05) is 30.3 Å². The molecule has 0 spiro atoms. The van der Waals surface area contributed by atoms with Gasteiger partial charge in [-0.1, -0.05) is 61.5 Å². The molecule has 0 fully saturated rings. The largest absolute Gasteiger partial charge is 0.480 e. The lowest BCUT2D eigenvalue weighted by Crippen LogP contribution is -2.42. The molecule has 10 nitrogen and oxygen atoms in total. The molecule has 0 saturated carbocycles.